The fourth-order valence-electron chi connectivity index (χ4n) is 2.98. The molecule has 0 aliphatic carbocycles. The molecule has 1 fully saturated rings. The summed E-state index contributed by atoms with van der Waals surface area (Å²) in [6.45, 7) is 5.60. The highest BCUT2D eigenvalue weighted by Gasteiger charge is 2.37. The number of aromatic nitrogens is 2. The van der Waals surface area contributed by atoms with Gasteiger partial charge in [0, 0.05) is 18.0 Å². The number of hydrogen-bond acceptors (Lipinski definition) is 6. The molecule has 0 spiro atoms. The zero-order chi connectivity index (χ0) is 18.9. The van der Waals surface area contributed by atoms with Crippen molar-refractivity contribution in [1.82, 2.24) is 9.97 Å². The maximum absolute atomic E-state index is 10.5. The molecule has 0 bridgehead atoms. The minimum absolute atomic E-state index is 0.0470. The minimum Gasteiger partial charge on any atom is -0.391 e. The molecule has 1 aliphatic rings. The topological polar surface area (TPSA) is 75.3 Å². The number of anilines is 2. The first kappa shape index (κ1) is 19.5. The average molecular weight is 413 g/mol. The summed E-state index contributed by atoms with van der Waals surface area (Å²) in [5.74, 6) is 1.02. The third kappa shape index (κ3) is 3.88. The van der Waals surface area contributed by atoms with E-state index in [9.17, 15) is 5.11 Å². The fraction of sp³-hybridized carbons (Fsp3) is 0.444. The van der Waals surface area contributed by atoms with E-state index in [0.29, 0.717) is 33.3 Å². The Bertz CT molecular complexity index is 807. The summed E-state index contributed by atoms with van der Waals surface area (Å²) < 4.78 is 0. The summed E-state index contributed by atoms with van der Waals surface area (Å²) in [6, 6.07) is 5.42. The quantitative estimate of drug-likeness (QED) is 0.769. The third-order valence-electron chi connectivity index (χ3n) is 5.16. The number of nitrogens with zero attached hydrogens (tertiary/aromatic N) is 3. The minimum atomic E-state index is -0.399. The van der Waals surface area contributed by atoms with E-state index in [2.05, 4.69) is 23.8 Å². The van der Waals surface area contributed by atoms with Gasteiger partial charge in [-0.2, -0.15) is 0 Å². The van der Waals surface area contributed by atoms with Crippen LogP contribution in [-0.2, 0) is 0 Å². The van der Waals surface area contributed by atoms with Gasteiger partial charge >= 0.3 is 0 Å². The van der Waals surface area contributed by atoms with Crippen LogP contribution in [0.15, 0.2) is 34.3 Å². The van der Waals surface area contributed by atoms with E-state index in [1.165, 1.54) is 11.8 Å². The number of nitrogens with two attached hydrogens (primary N) is 1. The zero-order valence-corrected chi connectivity index (χ0v) is 17.1. The molecule has 8 heteroatoms. The second-order valence-electron chi connectivity index (χ2n) is 6.79. The van der Waals surface area contributed by atoms with Crippen LogP contribution in [0.3, 0.4) is 0 Å². The predicted octanol–water partition coefficient (Wildman–Crippen LogP) is 4.50. The number of aliphatic hydroxyl groups is 1. The first-order valence-electron chi connectivity index (χ1n) is 8.51. The normalized spacial score (nSPS) is 23.3. The Morgan fingerprint density at radius 3 is 2.85 bits per heavy atom. The fourth-order valence-corrected chi connectivity index (χ4v) is 4.26. The van der Waals surface area contributed by atoms with E-state index in [-0.39, 0.29) is 5.41 Å². The third-order valence-corrected chi connectivity index (χ3v) is 7.16. The summed E-state index contributed by atoms with van der Waals surface area (Å²) in [5.41, 5.74) is 6.07. The predicted molar refractivity (Wildman–Crippen MR) is 108 cm³/mol. The number of rotatable bonds is 4. The maximum Gasteiger partial charge on any atom is 0.158 e. The monoisotopic (exact) mass is 412 g/mol. The second-order valence-corrected chi connectivity index (χ2v) is 8.61. The summed E-state index contributed by atoms with van der Waals surface area (Å²) in [4.78, 5) is 11.7. The van der Waals surface area contributed by atoms with Crippen molar-refractivity contribution in [3.05, 3.63) is 34.4 Å². The van der Waals surface area contributed by atoms with Crippen LogP contribution in [0.5, 0.6) is 0 Å². The van der Waals surface area contributed by atoms with Gasteiger partial charge in [0.15, 0.2) is 5.82 Å². The Morgan fingerprint density at radius 1 is 1.42 bits per heavy atom. The lowest BCUT2D eigenvalue weighted by molar-refractivity contribution is 0.0187. The van der Waals surface area contributed by atoms with Gasteiger partial charge in [-0.25, -0.2) is 9.97 Å². The highest BCUT2D eigenvalue weighted by atomic mass is 35.5. The van der Waals surface area contributed by atoms with E-state index in [0.717, 1.165) is 24.3 Å². The molecular formula is C18H22Cl2N4OS. The van der Waals surface area contributed by atoms with Gasteiger partial charge in [-0.05, 0) is 30.4 Å². The number of hydrogen-bond donors (Lipinski definition) is 2. The highest BCUT2D eigenvalue weighted by Crippen LogP contribution is 2.39. The largest absolute Gasteiger partial charge is 0.391 e. The first-order chi connectivity index (χ1) is 12.3. The lowest BCUT2D eigenvalue weighted by Gasteiger charge is -2.43. The van der Waals surface area contributed by atoms with Gasteiger partial charge in [-0.3, -0.25) is 0 Å². The maximum atomic E-state index is 10.5. The Balaban J connectivity index is 1.77. The van der Waals surface area contributed by atoms with Crippen LogP contribution >= 0.6 is 35.0 Å². The number of halogens is 2. The van der Waals surface area contributed by atoms with Crippen LogP contribution in [0.2, 0.25) is 10.0 Å². The smallest absolute Gasteiger partial charge is 0.158 e. The molecule has 0 amide bonds. The molecule has 2 aromatic rings. The Hall–Kier alpha value is -1.21. The molecular weight excluding hydrogens is 391 g/mol. The number of piperidine rings is 1. The number of benzene rings is 1. The standard InChI is InChI=1S/C18H22Cl2N4OS/c1-3-18(2)7-8-24(10-13(18)25)14-9-22-17(16(21)23-14)26-12-6-4-5-11(19)15(12)20/h4-6,9,13,25H,3,7-8,10H2,1-2H3,(H2,21,23)/t13-,18+/m0/s1. The Labute approximate surface area is 167 Å². The molecule has 3 N–H and O–H groups in total. The van der Waals surface area contributed by atoms with Crippen LogP contribution in [0.1, 0.15) is 26.7 Å². The van der Waals surface area contributed by atoms with Gasteiger partial charge in [0.2, 0.25) is 0 Å². The van der Waals surface area contributed by atoms with E-state index in [1.54, 1.807) is 12.3 Å². The summed E-state index contributed by atoms with van der Waals surface area (Å²) in [7, 11) is 0. The molecule has 3 rings (SSSR count). The Morgan fingerprint density at radius 2 is 2.19 bits per heavy atom. The van der Waals surface area contributed by atoms with Gasteiger partial charge in [0.25, 0.3) is 0 Å². The number of aliphatic hydroxyl groups excluding tert-OH is 1. The van der Waals surface area contributed by atoms with E-state index >= 15 is 0 Å². The average Bonchev–Trinajstić information content (AvgIpc) is 2.63. The highest BCUT2D eigenvalue weighted by molar-refractivity contribution is 7.99. The molecule has 2 heterocycles. The van der Waals surface area contributed by atoms with E-state index in [4.69, 9.17) is 28.9 Å². The van der Waals surface area contributed by atoms with Gasteiger partial charge < -0.3 is 15.7 Å². The van der Waals surface area contributed by atoms with Gasteiger partial charge in [-0.15, -0.1) is 0 Å². The summed E-state index contributed by atoms with van der Waals surface area (Å²) in [6.07, 6.45) is 3.15. The molecule has 5 nitrogen and oxygen atoms in total. The van der Waals surface area contributed by atoms with Crippen LogP contribution in [0, 0.1) is 5.41 Å². The molecule has 1 aromatic carbocycles. The van der Waals surface area contributed by atoms with Crippen LogP contribution in [0.4, 0.5) is 11.6 Å². The van der Waals surface area contributed by atoms with Crippen LogP contribution < -0.4 is 10.6 Å². The number of β-amino-alcohol motifs (C(OH)–C–C–N with tert-alkyl or cyclic N) is 1. The van der Waals surface area contributed by atoms with Crippen molar-refractivity contribution >= 4 is 46.6 Å². The van der Waals surface area contributed by atoms with Crippen molar-refractivity contribution in [1.29, 1.82) is 0 Å². The first-order valence-corrected chi connectivity index (χ1v) is 10.1. The lowest BCUT2D eigenvalue weighted by Crippen LogP contribution is -2.49. The SMILES string of the molecule is CC[C@]1(C)CCN(c2cnc(Sc3cccc(Cl)c3Cl)c(N)n2)C[C@@H]1O. The molecule has 0 radical (unpaired) electrons. The van der Waals surface area contributed by atoms with Crippen molar-refractivity contribution in [2.75, 3.05) is 23.7 Å². The van der Waals surface area contributed by atoms with E-state index < -0.39 is 6.10 Å². The van der Waals surface area contributed by atoms with Gasteiger partial charge in [0.05, 0.1) is 22.3 Å². The van der Waals surface area contributed by atoms with E-state index in [1.807, 2.05) is 17.0 Å². The van der Waals surface area contributed by atoms with Crippen LogP contribution in [-0.4, -0.2) is 34.3 Å². The van der Waals surface area contributed by atoms with Crippen molar-refractivity contribution in [3.8, 4) is 0 Å². The van der Waals surface area contributed by atoms with Gasteiger partial charge in [-0.1, -0.05) is 54.9 Å². The zero-order valence-electron chi connectivity index (χ0n) is 14.7. The molecule has 0 unspecified atom stereocenters. The van der Waals surface area contributed by atoms with Crippen molar-refractivity contribution < 1.29 is 5.11 Å². The van der Waals surface area contributed by atoms with Crippen molar-refractivity contribution in [2.24, 2.45) is 5.41 Å². The molecule has 26 heavy (non-hydrogen) atoms. The van der Waals surface area contributed by atoms with Crippen molar-refractivity contribution in [2.45, 2.75) is 42.7 Å². The molecule has 0 saturated carbocycles. The Kier molecular flexibility index (Phi) is 5.87. The summed E-state index contributed by atoms with van der Waals surface area (Å²) >= 11 is 13.6. The number of nitrogen functional groups attached to an aromatic ring is 1. The molecule has 1 aliphatic heterocycles. The van der Waals surface area contributed by atoms with Crippen molar-refractivity contribution in [3.63, 3.8) is 0 Å². The second kappa shape index (κ2) is 7.80. The lowest BCUT2D eigenvalue weighted by atomic mass is 9.76. The van der Waals surface area contributed by atoms with Crippen LogP contribution in [0.25, 0.3) is 0 Å². The van der Waals surface area contributed by atoms with Gasteiger partial charge in [0.1, 0.15) is 10.8 Å². The molecule has 1 aromatic heterocycles. The molecule has 1 saturated heterocycles. The molecule has 2 atom stereocenters. The summed E-state index contributed by atoms with van der Waals surface area (Å²) in [5, 5.41) is 12.0. The molecule has 140 valence electrons.